The second kappa shape index (κ2) is 10.4. The first-order chi connectivity index (χ1) is 17.5. The molecule has 0 unspecified atom stereocenters. The van der Waals surface area contributed by atoms with Crippen LogP contribution in [0.3, 0.4) is 0 Å². The molecule has 0 saturated heterocycles. The number of rotatable bonds is 8. The van der Waals surface area contributed by atoms with Crippen LogP contribution in [0.2, 0.25) is 5.02 Å². The number of aliphatic carboxylic acids is 1. The number of hydrogen-bond donors (Lipinski definition) is 2. The van der Waals surface area contributed by atoms with Gasteiger partial charge in [-0.3, -0.25) is 9.78 Å². The third-order valence-electron chi connectivity index (χ3n) is 6.31. The van der Waals surface area contributed by atoms with Crippen molar-refractivity contribution in [3.05, 3.63) is 106 Å². The fourth-order valence-electron chi connectivity index (χ4n) is 4.21. The summed E-state index contributed by atoms with van der Waals surface area (Å²) in [7, 11) is 0. The van der Waals surface area contributed by atoms with Crippen LogP contribution in [0.4, 0.5) is 13.2 Å². The molecule has 4 rings (SSSR count). The molecule has 1 aromatic heterocycles. The topological polar surface area (TPSA) is 79.7 Å². The summed E-state index contributed by atoms with van der Waals surface area (Å²) in [5.74, 6) is -2.06. The Morgan fingerprint density at radius 3 is 2.35 bits per heavy atom. The monoisotopic (exact) mass is 529 g/mol. The number of halogens is 4. The Bertz CT molecular complexity index is 1430. The molecule has 0 aliphatic carbocycles. The Morgan fingerprint density at radius 2 is 1.70 bits per heavy atom. The molecule has 2 atom stereocenters. The number of benzene rings is 3. The summed E-state index contributed by atoms with van der Waals surface area (Å²) < 4.78 is 48.8. The SMILES string of the molecule is C[C@@H](c1ccc(OCc2ccc(CC(=O)O)cc2)cc1Cl)[C@](O)(c1cnc2ccccc2c1)C(F)(F)F. The number of aromatic nitrogens is 1. The maximum Gasteiger partial charge on any atom is 0.422 e. The highest BCUT2D eigenvalue weighted by Gasteiger charge is 2.59. The number of para-hydroxylation sites is 1. The maximum absolute atomic E-state index is 14.4. The lowest BCUT2D eigenvalue weighted by atomic mass is 9.78. The van der Waals surface area contributed by atoms with Gasteiger partial charge < -0.3 is 14.9 Å². The van der Waals surface area contributed by atoms with Crippen LogP contribution in [0, 0.1) is 0 Å². The van der Waals surface area contributed by atoms with Crippen molar-refractivity contribution in [1.29, 1.82) is 0 Å². The Hall–Kier alpha value is -3.62. The molecular weight excluding hydrogens is 507 g/mol. The van der Waals surface area contributed by atoms with E-state index in [-0.39, 0.29) is 29.2 Å². The van der Waals surface area contributed by atoms with Crippen molar-refractivity contribution in [2.75, 3.05) is 0 Å². The van der Waals surface area contributed by atoms with Gasteiger partial charge in [0.25, 0.3) is 0 Å². The predicted octanol–water partition coefficient (Wildman–Crippen LogP) is 6.65. The van der Waals surface area contributed by atoms with Gasteiger partial charge in [0.1, 0.15) is 12.4 Å². The summed E-state index contributed by atoms with van der Waals surface area (Å²) in [5, 5.41) is 20.5. The Morgan fingerprint density at radius 1 is 1.03 bits per heavy atom. The van der Waals surface area contributed by atoms with E-state index in [1.807, 2.05) is 0 Å². The van der Waals surface area contributed by atoms with Crippen molar-refractivity contribution >= 4 is 28.5 Å². The average molecular weight is 530 g/mol. The zero-order valence-electron chi connectivity index (χ0n) is 19.7. The summed E-state index contributed by atoms with van der Waals surface area (Å²) >= 11 is 6.38. The van der Waals surface area contributed by atoms with Crippen molar-refractivity contribution in [1.82, 2.24) is 4.98 Å². The van der Waals surface area contributed by atoms with Gasteiger partial charge in [-0.2, -0.15) is 13.2 Å². The van der Waals surface area contributed by atoms with Gasteiger partial charge in [-0.1, -0.05) is 67.1 Å². The quantitative estimate of drug-likeness (QED) is 0.267. The average Bonchev–Trinajstić information content (AvgIpc) is 2.86. The van der Waals surface area contributed by atoms with Crippen LogP contribution >= 0.6 is 11.6 Å². The van der Waals surface area contributed by atoms with Crippen molar-refractivity contribution in [3.8, 4) is 5.75 Å². The highest BCUT2D eigenvalue weighted by atomic mass is 35.5. The number of carboxylic acids is 1. The van der Waals surface area contributed by atoms with Crippen molar-refractivity contribution in [2.45, 2.75) is 37.6 Å². The van der Waals surface area contributed by atoms with E-state index in [0.717, 1.165) is 11.8 Å². The van der Waals surface area contributed by atoms with E-state index in [4.69, 9.17) is 21.4 Å². The molecule has 0 aliphatic heterocycles. The number of carbonyl (C=O) groups is 1. The zero-order valence-corrected chi connectivity index (χ0v) is 20.4. The lowest BCUT2D eigenvalue weighted by molar-refractivity contribution is -0.274. The molecule has 0 spiro atoms. The van der Waals surface area contributed by atoms with Gasteiger partial charge in [-0.25, -0.2) is 0 Å². The van der Waals surface area contributed by atoms with Crippen LogP contribution in [-0.4, -0.2) is 27.3 Å². The van der Waals surface area contributed by atoms with Crippen LogP contribution in [0.15, 0.2) is 79.0 Å². The Balaban J connectivity index is 1.57. The third kappa shape index (κ3) is 5.55. The minimum atomic E-state index is -5.01. The van der Waals surface area contributed by atoms with Crippen LogP contribution < -0.4 is 4.74 Å². The first-order valence-corrected chi connectivity index (χ1v) is 11.7. The second-order valence-electron chi connectivity index (χ2n) is 8.76. The molecule has 0 fully saturated rings. The van der Waals surface area contributed by atoms with Crippen molar-refractivity contribution in [3.63, 3.8) is 0 Å². The standard InChI is InChI=1S/C28H23ClF3NO4/c1-17(27(36,28(30,31)32)21-13-20-4-2-3-5-25(20)33-15-21)23-11-10-22(14-24(23)29)37-16-19-8-6-18(7-9-19)12-26(34)35/h2-11,13-15,17,36H,12,16H2,1H3,(H,34,35)/t17-,27-/m0/s1. The molecule has 9 heteroatoms. The van der Waals surface area contributed by atoms with E-state index in [0.29, 0.717) is 22.2 Å². The van der Waals surface area contributed by atoms with Crippen LogP contribution in [-0.2, 0) is 23.4 Å². The summed E-state index contributed by atoms with van der Waals surface area (Å²) in [6.07, 6.45) is -4.06. The van der Waals surface area contributed by atoms with Gasteiger partial charge in [0.05, 0.1) is 11.9 Å². The molecule has 4 aromatic rings. The first kappa shape index (κ1) is 26.4. The Labute approximate surface area is 216 Å². The van der Waals surface area contributed by atoms with Gasteiger partial charge >= 0.3 is 12.1 Å². The van der Waals surface area contributed by atoms with E-state index in [9.17, 15) is 23.1 Å². The van der Waals surface area contributed by atoms with Crippen LogP contribution in [0.25, 0.3) is 10.9 Å². The zero-order chi connectivity index (χ0) is 26.8. The second-order valence-corrected chi connectivity index (χ2v) is 9.17. The van der Waals surface area contributed by atoms with Crippen molar-refractivity contribution < 1.29 is 32.9 Å². The predicted molar refractivity (Wildman–Crippen MR) is 134 cm³/mol. The normalized spacial score (nSPS) is 14.2. The van der Waals surface area contributed by atoms with Gasteiger partial charge in [-0.15, -0.1) is 0 Å². The number of hydrogen-bond acceptors (Lipinski definition) is 4. The summed E-state index contributed by atoms with van der Waals surface area (Å²) in [6, 6.07) is 19.1. The molecule has 0 saturated carbocycles. The molecule has 192 valence electrons. The van der Waals surface area contributed by atoms with Gasteiger partial charge in [-0.05, 0) is 41.0 Å². The molecule has 2 N–H and O–H groups in total. The lowest BCUT2D eigenvalue weighted by Crippen LogP contribution is -2.46. The number of pyridine rings is 1. The highest BCUT2D eigenvalue weighted by Crippen LogP contribution is 2.50. The minimum absolute atomic E-state index is 0.0122. The summed E-state index contributed by atoms with van der Waals surface area (Å²) in [5.41, 5.74) is -1.59. The van der Waals surface area contributed by atoms with Gasteiger partial charge in [0.15, 0.2) is 5.60 Å². The first-order valence-electron chi connectivity index (χ1n) is 11.4. The number of carboxylic acid groups (broad SMARTS) is 1. The largest absolute Gasteiger partial charge is 0.489 e. The minimum Gasteiger partial charge on any atom is -0.489 e. The number of fused-ring (bicyclic) bond motifs is 1. The smallest absolute Gasteiger partial charge is 0.422 e. The van der Waals surface area contributed by atoms with Gasteiger partial charge in [0, 0.05) is 28.1 Å². The lowest BCUT2D eigenvalue weighted by Gasteiger charge is -2.37. The summed E-state index contributed by atoms with van der Waals surface area (Å²) in [6.45, 7) is 1.41. The number of alkyl halides is 3. The highest BCUT2D eigenvalue weighted by molar-refractivity contribution is 6.31. The Kier molecular flexibility index (Phi) is 7.43. The molecule has 3 aromatic carbocycles. The molecule has 37 heavy (non-hydrogen) atoms. The fourth-order valence-corrected chi connectivity index (χ4v) is 4.54. The van der Waals surface area contributed by atoms with E-state index in [1.54, 1.807) is 48.5 Å². The molecule has 0 radical (unpaired) electrons. The van der Waals surface area contributed by atoms with E-state index < -0.39 is 23.7 Å². The molecule has 0 amide bonds. The van der Waals surface area contributed by atoms with E-state index in [2.05, 4.69) is 4.98 Å². The van der Waals surface area contributed by atoms with Crippen LogP contribution in [0.5, 0.6) is 5.75 Å². The maximum atomic E-state index is 14.4. The van der Waals surface area contributed by atoms with E-state index >= 15 is 0 Å². The summed E-state index contributed by atoms with van der Waals surface area (Å²) in [4.78, 5) is 14.9. The third-order valence-corrected chi connectivity index (χ3v) is 6.64. The number of ether oxygens (including phenoxy) is 1. The molecule has 1 heterocycles. The van der Waals surface area contributed by atoms with Gasteiger partial charge in [0.2, 0.25) is 0 Å². The molecule has 0 bridgehead atoms. The molecule has 5 nitrogen and oxygen atoms in total. The number of aliphatic hydroxyl groups is 1. The fraction of sp³-hybridized carbons (Fsp3) is 0.214. The molecular formula is C28H23ClF3NO4. The van der Waals surface area contributed by atoms with E-state index in [1.165, 1.54) is 31.2 Å². The molecule has 0 aliphatic rings. The van der Waals surface area contributed by atoms with Crippen LogP contribution in [0.1, 0.15) is 35.1 Å². The van der Waals surface area contributed by atoms with Crippen molar-refractivity contribution in [2.24, 2.45) is 0 Å². The number of nitrogens with zero attached hydrogens (tertiary/aromatic N) is 1.